The molecule has 1 heterocycles. The molecule has 0 aliphatic carbocycles. The van der Waals surface area contributed by atoms with Crippen LogP contribution in [-0.2, 0) is 4.74 Å². The average molecular weight is 333 g/mol. The van der Waals surface area contributed by atoms with Crippen LogP contribution in [0.2, 0.25) is 0 Å². The molecule has 1 N–H and O–H groups in total. The monoisotopic (exact) mass is 333 g/mol. The summed E-state index contributed by atoms with van der Waals surface area (Å²) in [6.07, 6.45) is 3.38. The lowest BCUT2D eigenvalue weighted by molar-refractivity contribution is 0.0526. The van der Waals surface area contributed by atoms with Crippen molar-refractivity contribution in [3.63, 3.8) is 0 Å². The topological polar surface area (TPSA) is 64.1 Å². The molecule has 0 saturated heterocycles. The molecule has 5 nitrogen and oxygen atoms in total. The summed E-state index contributed by atoms with van der Waals surface area (Å²) in [5.41, 5.74) is 2.32. The molecule has 23 heavy (non-hydrogen) atoms. The summed E-state index contributed by atoms with van der Waals surface area (Å²) in [5, 5.41) is 3.76. The van der Waals surface area contributed by atoms with E-state index >= 15 is 0 Å². The summed E-state index contributed by atoms with van der Waals surface area (Å²) in [7, 11) is 0. The maximum atomic E-state index is 12.0. The van der Waals surface area contributed by atoms with Crippen LogP contribution in [0.15, 0.2) is 35.6 Å². The number of carbonyl (C=O) groups is 1. The van der Waals surface area contributed by atoms with E-state index in [1.807, 2.05) is 51.3 Å². The molecule has 0 saturated carbocycles. The van der Waals surface area contributed by atoms with Crippen LogP contribution in [0.25, 0.3) is 0 Å². The number of hydrogen-bond acceptors (Lipinski definition) is 6. The molecule has 2 rings (SSSR count). The van der Waals surface area contributed by atoms with Gasteiger partial charge in [-0.25, -0.2) is 14.8 Å². The standard InChI is InChI=1S/C15H17N3O2S.C2H6/c1-4-20-14(19)12-9-16-15(21-3)18-13(12)17-11-7-5-6-10(2)8-11;1-2/h5-9H,4H2,1-3H3,(H,16,17,18);1-2H3. The van der Waals surface area contributed by atoms with Crippen molar-refractivity contribution in [1.82, 2.24) is 9.97 Å². The Morgan fingerprint density at radius 2 is 2.09 bits per heavy atom. The van der Waals surface area contributed by atoms with E-state index in [2.05, 4.69) is 15.3 Å². The molecular formula is C17H23N3O2S. The Balaban J connectivity index is 0.00000127. The molecule has 0 aliphatic heterocycles. The van der Waals surface area contributed by atoms with E-state index in [1.165, 1.54) is 18.0 Å². The van der Waals surface area contributed by atoms with Gasteiger partial charge in [-0.15, -0.1) is 0 Å². The Bertz CT molecular complexity index is 647. The van der Waals surface area contributed by atoms with Gasteiger partial charge in [0.2, 0.25) is 0 Å². The Kier molecular flexibility index (Phi) is 8.11. The number of ether oxygens (including phenoxy) is 1. The first-order valence-electron chi connectivity index (χ1n) is 7.56. The molecular weight excluding hydrogens is 310 g/mol. The van der Waals surface area contributed by atoms with E-state index in [0.29, 0.717) is 23.1 Å². The average Bonchev–Trinajstić information content (AvgIpc) is 2.57. The summed E-state index contributed by atoms with van der Waals surface area (Å²) in [6, 6.07) is 7.85. The van der Waals surface area contributed by atoms with Crippen molar-refractivity contribution in [3.05, 3.63) is 41.6 Å². The van der Waals surface area contributed by atoms with Crippen LogP contribution in [0.3, 0.4) is 0 Å². The van der Waals surface area contributed by atoms with Crippen molar-refractivity contribution < 1.29 is 9.53 Å². The maximum absolute atomic E-state index is 12.0. The third kappa shape index (κ3) is 5.56. The van der Waals surface area contributed by atoms with Crippen molar-refractivity contribution >= 4 is 29.2 Å². The van der Waals surface area contributed by atoms with Crippen LogP contribution in [0.4, 0.5) is 11.5 Å². The molecule has 0 spiro atoms. The Hall–Kier alpha value is -2.08. The minimum Gasteiger partial charge on any atom is -0.462 e. The fourth-order valence-electron chi connectivity index (χ4n) is 1.78. The molecule has 0 radical (unpaired) electrons. The maximum Gasteiger partial charge on any atom is 0.343 e. The molecule has 2 aromatic rings. The normalized spacial score (nSPS) is 9.61. The zero-order valence-corrected chi connectivity index (χ0v) is 15.0. The largest absolute Gasteiger partial charge is 0.462 e. The van der Waals surface area contributed by atoms with Gasteiger partial charge in [0.15, 0.2) is 5.16 Å². The van der Waals surface area contributed by atoms with E-state index in [9.17, 15) is 4.79 Å². The van der Waals surface area contributed by atoms with E-state index < -0.39 is 5.97 Å². The van der Waals surface area contributed by atoms with Crippen molar-refractivity contribution in [2.45, 2.75) is 32.9 Å². The fraction of sp³-hybridized carbons (Fsp3) is 0.353. The van der Waals surface area contributed by atoms with Crippen molar-refractivity contribution in [2.75, 3.05) is 18.2 Å². The van der Waals surface area contributed by atoms with E-state index in [-0.39, 0.29) is 0 Å². The second kappa shape index (κ2) is 9.84. The van der Waals surface area contributed by atoms with Crippen LogP contribution < -0.4 is 5.32 Å². The lowest BCUT2D eigenvalue weighted by Gasteiger charge is -2.11. The minimum atomic E-state index is -0.430. The van der Waals surface area contributed by atoms with Gasteiger partial charge in [-0.2, -0.15) is 0 Å². The smallest absolute Gasteiger partial charge is 0.343 e. The molecule has 0 aliphatic rings. The number of nitrogens with zero attached hydrogens (tertiary/aromatic N) is 2. The number of thioether (sulfide) groups is 1. The molecule has 1 aromatic heterocycles. The quantitative estimate of drug-likeness (QED) is 0.495. The first kappa shape index (κ1) is 19.0. The minimum absolute atomic E-state index is 0.312. The highest BCUT2D eigenvalue weighted by molar-refractivity contribution is 7.98. The third-order valence-electron chi connectivity index (χ3n) is 2.73. The van der Waals surface area contributed by atoms with Gasteiger partial charge in [0.1, 0.15) is 11.4 Å². The zero-order chi connectivity index (χ0) is 17.2. The number of esters is 1. The highest BCUT2D eigenvalue weighted by Crippen LogP contribution is 2.22. The molecule has 0 atom stereocenters. The highest BCUT2D eigenvalue weighted by atomic mass is 32.2. The zero-order valence-electron chi connectivity index (χ0n) is 14.2. The van der Waals surface area contributed by atoms with Gasteiger partial charge in [0, 0.05) is 11.9 Å². The Labute approximate surface area is 141 Å². The van der Waals surface area contributed by atoms with Crippen LogP contribution in [0.5, 0.6) is 0 Å². The van der Waals surface area contributed by atoms with E-state index in [4.69, 9.17) is 4.74 Å². The molecule has 0 amide bonds. The molecule has 0 bridgehead atoms. The molecule has 1 aromatic carbocycles. The van der Waals surface area contributed by atoms with Crippen molar-refractivity contribution in [1.29, 1.82) is 0 Å². The van der Waals surface area contributed by atoms with Crippen LogP contribution in [0, 0.1) is 6.92 Å². The van der Waals surface area contributed by atoms with Gasteiger partial charge >= 0.3 is 5.97 Å². The Morgan fingerprint density at radius 3 is 2.70 bits per heavy atom. The number of aryl methyl sites for hydroxylation is 1. The Morgan fingerprint density at radius 1 is 1.35 bits per heavy atom. The fourth-order valence-corrected chi connectivity index (χ4v) is 2.12. The van der Waals surface area contributed by atoms with Crippen molar-refractivity contribution in [2.24, 2.45) is 0 Å². The number of nitrogens with one attached hydrogen (secondary N) is 1. The van der Waals surface area contributed by atoms with Crippen LogP contribution in [-0.4, -0.2) is 28.8 Å². The predicted molar refractivity (Wildman–Crippen MR) is 95.6 cm³/mol. The number of rotatable bonds is 5. The molecule has 124 valence electrons. The summed E-state index contributed by atoms with van der Waals surface area (Å²) in [5.74, 6) is 0.0266. The van der Waals surface area contributed by atoms with E-state index in [0.717, 1.165) is 11.3 Å². The van der Waals surface area contributed by atoms with Gasteiger partial charge in [0.05, 0.1) is 6.61 Å². The second-order valence-electron chi connectivity index (χ2n) is 4.33. The van der Waals surface area contributed by atoms with Crippen LogP contribution >= 0.6 is 11.8 Å². The highest BCUT2D eigenvalue weighted by Gasteiger charge is 2.16. The SMILES string of the molecule is CC.CCOC(=O)c1cnc(SC)nc1Nc1cccc(C)c1. The third-order valence-corrected chi connectivity index (χ3v) is 3.29. The number of anilines is 2. The van der Waals surface area contributed by atoms with Gasteiger partial charge in [-0.1, -0.05) is 37.7 Å². The van der Waals surface area contributed by atoms with Gasteiger partial charge in [-0.3, -0.25) is 0 Å². The van der Waals surface area contributed by atoms with Gasteiger partial charge < -0.3 is 10.1 Å². The van der Waals surface area contributed by atoms with Gasteiger partial charge in [0.25, 0.3) is 0 Å². The molecule has 6 heteroatoms. The lowest BCUT2D eigenvalue weighted by Crippen LogP contribution is -2.10. The lowest BCUT2D eigenvalue weighted by atomic mass is 10.2. The summed E-state index contributed by atoms with van der Waals surface area (Å²) >= 11 is 1.42. The first-order chi connectivity index (χ1) is 11.1. The molecule has 0 fully saturated rings. The number of aromatic nitrogens is 2. The van der Waals surface area contributed by atoms with Gasteiger partial charge in [-0.05, 0) is 37.8 Å². The number of benzene rings is 1. The van der Waals surface area contributed by atoms with Crippen molar-refractivity contribution in [3.8, 4) is 0 Å². The van der Waals surface area contributed by atoms with E-state index in [1.54, 1.807) is 6.92 Å². The summed E-state index contributed by atoms with van der Waals surface area (Å²) in [6.45, 7) is 8.08. The first-order valence-corrected chi connectivity index (χ1v) is 8.78. The summed E-state index contributed by atoms with van der Waals surface area (Å²) < 4.78 is 5.04. The summed E-state index contributed by atoms with van der Waals surface area (Å²) in [4.78, 5) is 20.5. The van der Waals surface area contributed by atoms with Crippen LogP contribution in [0.1, 0.15) is 36.7 Å². The predicted octanol–water partition coefficient (Wildman–Crippen LogP) is 4.45. The molecule has 0 unspecified atom stereocenters. The second-order valence-corrected chi connectivity index (χ2v) is 5.11. The number of hydrogen-bond donors (Lipinski definition) is 1. The number of carbonyl (C=O) groups excluding carboxylic acids is 1.